The van der Waals surface area contributed by atoms with Crippen molar-refractivity contribution in [3.63, 3.8) is 0 Å². The van der Waals surface area contributed by atoms with Crippen LogP contribution in [0, 0.1) is 0 Å². The van der Waals surface area contributed by atoms with E-state index in [4.69, 9.17) is 0 Å². The maximum absolute atomic E-state index is 12.5. The molecule has 1 aliphatic carbocycles. The third-order valence-corrected chi connectivity index (χ3v) is 5.03. The van der Waals surface area contributed by atoms with Crippen LogP contribution in [-0.2, 0) is 6.42 Å². The van der Waals surface area contributed by atoms with Crippen LogP contribution in [0.15, 0.2) is 34.2 Å². The first kappa shape index (κ1) is 12.1. The number of fused-ring (bicyclic) bond motifs is 1. The third-order valence-electron chi connectivity index (χ3n) is 3.32. The van der Waals surface area contributed by atoms with Gasteiger partial charge in [-0.1, -0.05) is 6.07 Å². The van der Waals surface area contributed by atoms with Crippen molar-refractivity contribution in [1.82, 2.24) is 4.98 Å². The van der Waals surface area contributed by atoms with Crippen molar-refractivity contribution in [2.45, 2.75) is 25.2 Å². The molecule has 1 atom stereocenters. The number of pyridine rings is 1. The second-order valence-corrected chi connectivity index (χ2v) is 6.31. The Morgan fingerprint density at radius 3 is 3.17 bits per heavy atom. The maximum Gasteiger partial charge on any atom is 0.181 e. The zero-order chi connectivity index (χ0) is 12.5. The molecular weight excluding hydrogens is 310 g/mol. The summed E-state index contributed by atoms with van der Waals surface area (Å²) < 4.78 is 0.980. The van der Waals surface area contributed by atoms with Crippen molar-refractivity contribution < 1.29 is 4.79 Å². The quantitative estimate of drug-likeness (QED) is 0.775. The van der Waals surface area contributed by atoms with E-state index in [0.717, 1.165) is 34.3 Å². The molecule has 0 N–H and O–H groups in total. The van der Waals surface area contributed by atoms with Gasteiger partial charge in [0.05, 0.1) is 16.5 Å². The van der Waals surface area contributed by atoms with E-state index in [2.05, 4.69) is 27.0 Å². The molecule has 0 aliphatic heterocycles. The van der Waals surface area contributed by atoms with Gasteiger partial charge in [0, 0.05) is 16.0 Å². The van der Waals surface area contributed by atoms with Crippen LogP contribution < -0.4 is 0 Å². The van der Waals surface area contributed by atoms with Crippen LogP contribution >= 0.6 is 27.3 Å². The van der Waals surface area contributed by atoms with Gasteiger partial charge in [0.1, 0.15) is 0 Å². The van der Waals surface area contributed by atoms with Gasteiger partial charge in [-0.25, -0.2) is 0 Å². The molecular formula is C14H12BrNOS. The van der Waals surface area contributed by atoms with E-state index in [0.29, 0.717) is 0 Å². The summed E-state index contributed by atoms with van der Waals surface area (Å²) in [4.78, 5) is 17.8. The predicted molar refractivity (Wildman–Crippen MR) is 76.3 cm³/mol. The second kappa shape index (κ2) is 4.94. The molecule has 1 aliphatic rings. The highest BCUT2D eigenvalue weighted by Gasteiger charge is 2.29. The fourth-order valence-electron chi connectivity index (χ4n) is 2.48. The number of halogens is 1. The summed E-state index contributed by atoms with van der Waals surface area (Å²) in [6, 6.07) is 5.95. The molecule has 4 heteroatoms. The predicted octanol–water partition coefficient (Wildman–Crippen LogP) is 4.21. The van der Waals surface area contributed by atoms with Gasteiger partial charge in [0.15, 0.2) is 5.78 Å². The summed E-state index contributed by atoms with van der Waals surface area (Å²) in [5.41, 5.74) is 2.22. The summed E-state index contributed by atoms with van der Waals surface area (Å²) in [5, 5.41) is 1.95. The van der Waals surface area contributed by atoms with E-state index in [-0.39, 0.29) is 11.7 Å². The van der Waals surface area contributed by atoms with Crippen LogP contribution in [0.5, 0.6) is 0 Å². The number of ketones is 1. The van der Waals surface area contributed by atoms with Crippen molar-refractivity contribution in [2.75, 3.05) is 0 Å². The van der Waals surface area contributed by atoms with Crippen molar-refractivity contribution in [1.29, 1.82) is 0 Å². The van der Waals surface area contributed by atoms with E-state index in [1.807, 2.05) is 17.5 Å². The molecule has 0 spiro atoms. The zero-order valence-electron chi connectivity index (χ0n) is 9.73. The minimum absolute atomic E-state index is 0.0551. The number of thiophene rings is 1. The van der Waals surface area contributed by atoms with E-state index in [9.17, 15) is 4.79 Å². The number of nitrogens with zero attached hydrogens (tertiary/aromatic N) is 1. The largest absolute Gasteiger partial charge is 0.293 e. The smallest absolute Gasteiger partial charge is 0.181 e. The first-order valence-electron chi connectivity index (χ1n) is 5.98. The van der Waals surface area contributed by atoms with Gasteiger partial charge in [0.25, 0.3) is 0 Å². The zero-order valence-corrected chi connectivity index (χ0v) is 12.1. The molecule has 2 heterocycles. The van der Waals surface area contributed by atoms with E-state index in [1.54, 1.807) is 6.20 Å². The highest BCUT2D eigenvalue weighted by Crippen LogP contribution is 2.34. The van der Waals surface area contributed by atoms with Crippen molar-refractivity contribution in [2.24, 2.45) is 0 Å². The Labute approximate surface area is 118 Å². The summed E-state index contributed by atoms with van der Waals surface area (Å²) in [5.74, 6) is 0.158. The van der Waals surface area contributed by atoms with Crippen LogP contribution in [-0.4, -0.2) is 10.8 Å². The fraction of sp³-hybridized carbons (Fsp3) is 0.286. The maximum atomic E-state index is 12.5. The molecule has 92 valence electrons. The van der Waals surface area contributed by atoms with E-state index < -0.39 is 0 Å². The minimum atomic E-state index is -0.0551. The molecule has 0 saturated heterocycles. The Hall–Kier alpha value is -1.00. The molecule has 2 nitrogen and oxygen atoms in total. The van der Waals surface area contributed by atoms with Gasteiger partial charge in [-0.2, -0.15) is 0 Å². The van der Waals surface area contributed by atoms with Crippen LogP contribution in [0.25, 0.3) is 0 Å². The molecule has 0 radical (unpaired) electrons. The molecule has 2 aromatic heterocycles. The number of rotatable bonds is 2. The number of hydrogen-bond acceptors (Lipinski definition) is 3. The van der Waals surface area contributed by atoms with Crippen molar-refractivity contribution in [3.8, 4) is 0 Å². The first-order chi connectivity index (χ1) is 8.75. The normalized spacial score (nSPS) is 18.4. The summed E-state index contributed by atoms with van der Waals surface area (Å²) >= 11 is 4.90. The molecule has 0 amide bonds. The number of carbonyl (C=O) groups excluding carboxylic acids is 1. The Balaban J connectivity index is 1.96. The third kappa shape index (κ3) is 2.15. The molecule has 1 unspecified atom stereocenters. The summed E-state index contributed by atoms with van der Waals surface area (Å²) in [6.07, 6.45) is 4.82. The minimum Gasteiger partial charge on any atom is -0.293 e. The Bertz CT molecular complexity index is 593. The monoisotopic (exact) mass is 321 g/mol. The van der Waals surface area contributed by atoms with Gasteiger partial charge >= 0.3 is 0 Å². The lowest BCUT2D eigenvalue weighted by molar-refractivity contribution is 0.0953. The van der Waals surface area contributed by atoms with Gasteiger partial charge in [-0.15, -0.1) is 11.3 Å². The van der Waals surface area contributed by atoms with Gasteiger partial charge < -0.3 is 0 Å². The Morgan fingerprint density at radius 2 is 2.39 bits per heavy atom. The number of hydrogen-bond donors (Lipinski definition) is 0. The summed E-state index contributed by atoms with van der Waals surface area (Å²) in [6.45, 7) is 0. The average molecular weight is 322 g/mol. The summed E-state index contributed by atoms with van der Waals surface area (Å²) in [7, 11) is 0. The lowest BCUT2D eigenvalue weighted by Gasteiger charge is -2.22. The van der Waals surface area contributed by atoms with Crippen LogP contribution in [0.3, 0.4) is 0 Å². The molecule has 0 fully saturated rings. The van der Waals surface area contributed by atoms with Crippen molar-refractivity contribution in [3.05, 3.63) is 50.4 Å². The Morgan fingerprint density at radius 1 is 1.50 bits per heavy atom. The number of Topliss-reactive ketones (excluding diaryl/α,β-unsaturated/α-hetero) is 1. The Kier molecular flexibility index (Phi) is 3.31. The van der Waals surface area contributed by atoms with Crippen LogP contribution in [0.1, 0.15) is 39.7 Å². The van der Waals surface area contributed by atoms with E-state index >= 15 is 0 Å². The first-order valence-corrected chi connectivity index (χ1v) is 7.65. The van der Waals surface area contributed by atoms with Gasteiger partial charge in [0.2, 0.25) is 0 Å². The molecule has 0 saturated carbocycles. The van der Waals surface area contributed by atoms with Crippen molar-refractivity contribution >= 4 is 33.0 Å². The standard InChI is InChI=1S/C14H12BrNOS/c15-10-7-12(18-8-10)14(17)11-5-1-3-9-4-2-6-16-13(9)11/h2,4,6-8,11H,1,3,5H2. The number of aryl methyl sites for hydroxylation is 1. The van der Waals surface area contributed by atoms with Gasteiger partial charge in [-0.05, 0) is 52.9 Å². The molecule has 2 aromatic rings. The van der Waals surface area contributed by atoms with Gasteiger partial charge in [-0.3, -0.25) is 9.78 Å². The topological polar surface area (TPSA) is 30.0 Å². The SMILES string of the molecule is O=C(c1cc(Br)cs1)C1CCCc2cccnc21. The average Bonchev–Trinajstić information content (AvgIpc) is 2.84. The molecule has 18 heavy (non-hydrogen) atoms. The van der Waals surface area contributed by atoms with E-state index in [1.165, 1.54) is 16.9 Å². The lowest BCUT2D eigenvalue weighted by Crippen LogP contribution is -2.19. The van der Waals surface area contributed by atoms with Crippen LogP contribution in [0.2, 0.25) is 0 Å². The molecule has 0 aromatic carbocycles. The highest BCUT2D eigenvalue weighted by atomic mass is 79.9. The highest BCUT2D eigenvalue weighted by molar-refractivity contribution is 9.10. The second-order valence-electron chi connectivity index (χ2n) is 4.49. The van der Waals surface area contributed by atoms with Crippen LogP contribution in [0.4, 0.5) is 0 Å². The number of aromatic nitrogens is 1. The number of carbonyl (C=O) groups is 1. The fourth-order valence-corrected chi connectivity index (χ4v) is 3.90. The molecule has 0 bridgehead atoms. The molecule has 3 rings (SSSR count). The lowest BCUT2D eigenvalue weighted by atomic mass is 9.83.